The average molecular weight is 342 g/mol. The lowest BCUT2D eigenvalue weighted by atomic mass is 10.1. The number of halogens is 1. The number of aromatic nitrogens is 2. The van der Waals surface area contributed by atoms with Crippen LogP contribution in [0.4, 0.5) is 5.82 Å². The maximum atomic E-state index is 6.14. The molecule has 1 aromatic heterocycles. The molecule has 2 N–H and O–H groups in total. The summed E-state index contributed by atoms with van der Waals surface area (Å²) >= 11 is 3.48. The number of nitrogens with zero attached hydrogens (tertiary/aromatic N) is 2. The Hall–Kier alpha value is -2.07. The molecule has 21 heavy (non-hydrogen) atoms. The van der Waals surface area contributed by atoms with Crippen molar-refractivity contribution < 1.29 is 0 Å². The second-order valence-electron chi connectivity index (χ2n) is 5.22. The van der Waals surface area contributed by atoms with E-state index >= 15 is 0 Å². The Bertz CT molecular complexity index is 785. The highest BCUT2D eigenvalue weighted by atomic mass is 79.9. The molecule has 0 aliphatic rings. The van der Waals surface area contributed by atoms with Crippen LogP contribution in [0.3, 0.4) is 0 Å². The first-order valence-corrected chi connectivity index (χ1v) is 7.52. The number of nitrogen functional groups attached to an aromatic ring is 1. The largest absolute Gasteiger partial charge is 0.384 e. The van der Waals surface area contributed by atoms with Crippen LogP contribution in [0.15, 0.2) is 53.0 Å². The van der Waals surface area contributed by atoms with Gasteiger partial charge in [0, 0.05) is 16.1 Å². The Morgan fingerprint density at radius 3 is 2.38 bits per heavy atom. The van der Waals surface area contributed by atoms with Crippen molar-refractivity contribution in [1.29, 1.82) is 0 Å². The van der Waals surface area contributed by atoms with Crippen molar-refractivity contribution in [3.63, 3.8) is 0 Å². The molecule has 0 aliphatic heterocycles. The average Bonchev–Trinajstić information content (AvgIpc) is 2.80. The van der Waals surface area contributed by atoms with Gasteiger partial charge in [-0.15, -0.1) is 0 Å². The van der Waals surface area contributed by atoms with E-state index in [2.05, 4.69) is 53.1 Å². The summed E-state index contributed by atoms with van der Waals surface area (Å²) in [7, 11) is 0. The Kier molecular flexibility index (Phi) is 3.55. The minimum Gasteiger partial charge on any atom is -0.384 e. The van der Waals surface area contributed by atoms with E-state index in [1.165, 1.54) is 11.1 Å². The van der Waals surface area contributed by atoms with Crippen LogP contribution in [0, 0.1) is 13.8 Å². The molecule has 0 saturated carbocycles. The standard InChI is InChI=1S/C17H16BrN3/c1-11-6-12(2)8-15(7-11)21-17(19)10-16(20-21)13-4-3-5-14(18)9-13/h3-10H,19H2,1-2H3. The molecule has 0 amide bonds. The number of nitrogens with two attached hydrogens (primary N) is 1. The van der Waals surface area contributed by atoms with Crippen LogP contribution in [0.2, 0.25) is 0 Å². The SMILES string of the molecule is Cc1cc(C)cc(-n2nc(-c3cccc(Br)c3)cc2N)c1. The van der Waals surface area contributed by atoms with Crippen LogP contribution in [-0.2, 0) is 0 Å². The smallest absolute Gasteiger partial charge is 0.127 e. The monoisotopic (exact) mass is 341 g/mol. The van der Waals surface area contributed by atoms with E-state index in [0.29, 0.717) is 5.82 Å². The second-order valence-corrected chi connectivity index (χ2v) is 6.14. The summed E-state index contributed by atoms with van der Waals surface area (Å²) in [6.45, 7) is 4.15. The number of benzene rings is 2. The Morgan fingerprint density at radius 1 is 1.00 bits per heavy atom. The molecule has 0 atom stereocenters. The fraction of sp³-hybridized carbons (Fsp3) is 0.118. The summed E-state index contributed by atoms with van der Waals surface area (Å²) in [4.78, 5) is 0. The third-order valence-corrected chi connectivity index (χ3v) is 3.80. The quantitative estimate of drug-likeness (QED) is 0.745. The maximum Gasteiger partial charge on any atom is 0.127 e. The molecule has 0 bridgehead atoms. The Labute approximate surface area is 132 Å². The van der Waals surface area contributed by atoms with Gasteiger partial charge in [0.1, 0.15) is 5.82 Å². The predicted molar refractivity (Wildman–Crippen MR) is 90.6 cm³/mol. The zero-order valence-electron chi connectivity index (χ0n) is 12.0. The van der Waals surface area contributed by atoms with Gasteiger partial charge in [-0.2, -0.15) is 5.10 Å². The van der Waals surface area contributed by atoms with E-state index in [1.54, 1.807) is 4.68 Å². The first kappa shape index (κ1) is 13.9. The van der Waals surface area contributed by atoms with Crippen LogP contribution in [0.1, 0.15) is 11.1 Å². The first-order valence-electron chi connectivity index (χ1n) is 6.73. The van der Waals surface area contributed by atoms with Gasteiger partial charge in [0.25, 0.3) is 0 Å². The molecule has 3 aromatic rings. The molecule has 0 radical (unpaired) electrons. The van der Waals surface area contributed by atoms with Crippen molar-refractivity contribution in [2.75, 3.05) is 5.73 Å². The van der Waals surface area contributed by atoms with Crippen LogP contribution < -0.4 is 5.73 Å². The number of hydrogen-bond acceptors (Lipinski definition) is 2. The van der Waals surface area contributed by atoms with Crippen molar-refractivity contribution >= 4 is 21.7 Å². The van der Waals surface area contributed by atoms with E-state index in [4.69, 9.17) is 5.73 Å². The molecular formula is C17H16BrN3. The van der Waals surface area contributed by atoms with Crippen molar-refractivity contribution in [2.24, 2.45) is 0 Å². The van der Waals surface area contributed by atoms with Gasteiger partial charge < -0.3 is 5.73 Å². The minimum atomic E-state index is 0.634. The first-order chi connectivity index (χ1) is 10.0. The van der Waals surface area contributed by atoms with Gasteiger partial charge in [-0.3, -0.25) is 0 Å². The van der Waals surface area contributed by atoms with Gasteiger partial charge in [0.15, 0.2) is 0 Å². The lowest BCUT2D eigenvalue weighted by molar-refractivity contribution is 0.892. The van der Waals surface area contributed by atoms with Crippen molar-refractivity contribution in [3.8, 4) is 16.9 Å². The Morgan fingerprint density at radius 2 is 1.71 bits per heavy atom. The molecule has 4 heteroatoms. The van der Waals surface area contributed by atoms with Crippen LogP contribution >= 0.6 is 15.9 Å². The lowest BCUT2D eigenvalue weighted by Crippen LogP contribution is -2.02. The topological polar surface area (TPSA) is 43.8 Å². The molecule has 0 spiro atoms. The number of rotatable bonds is 2. The highest BCUT2D eigenvalue weighted by molar-refractivity contribution is 9.10. The van der Waals surface area contributed by atoms with E-state index in [0.717, 1.165) is 21.4 Å². The van der Waals surface area contributed by atoms with Crippen molar-refractivity contribution in [3.05, 3.63) is 64.1 Å². The number of anilines is 1. The molecule has 1 heterocycles. The van der Waals surface area contributed by atoms with Crippen LogP contribution in [0.5, 0.6) is 0 Å². The van der Waals surface area contributed by atoms with Gasteiger partial charge >= 0.3 is 0 Å². The van der Waals surface area contributed by atoms with E-state index in [-0.39, 0.29) is 0 Å². The maximum absolute atomic E-state index is 6.14. The molecule has 2 aromatic carbocycles. The third kappa shape index (κ3) is 2.85. The summed E-state index contributed by atoms with van der Waals surface area (Å²) in [5.74, 6) is 0.634. The number of aryl methyl sites for hydroxylation is 2. The van der Waals surface area contributed by atoms with E-state index < -0.39 is 0 Å². The normalized spacial score (nSPS) is 10.8. The van der Waals surface area contributed by atoms with Crippen LogP contribution in [0.25, 0.3) is 16.9 Å². The molecule has 0 saturated heterocycles. The number of hydrogen-bond donors (Lipinski definition) is 1. The van der Waals surface area contributed by atoms with E-state index in [1.807, 2.05) is 30.3 Å². The molecule has 3 rings (SSSR count). The van der Waals surface area contributed by atoms with Gasteiger partial charge in [-0.25, -0.2) is 4.68 Å². The van der Waals surface area contributed by atoms with Crippen LogP contribution in [-0.4, -0.2) is 9.78 Å². The molecule has 0 aliphatic carbocycles. The summed E-state index contributed by atoms with van der Waals surface area (Å²) in [5.41, 5.74) is 11.4. The Balaban J connectivity index is 2.09. The molecule has 3 nitrogen and oxygen atoms in total. The molecule has 0 unspecified atom stereocenters. The zero-order valence-corrected chi connectivity index (χ0v) is 13.6. The molecular weight excluding hydrogens is 326 g/mol. The van der Waals surface area contributed by atoms with Gasteiger partial charge in [-0.05, 0) is 49.2 Å². The fourth-order valence-electron chi connectivity index (χ4n) is 2.46. The summed E-state index contributed by atoms with van der Waals surface area (Å²) < 4.78 is 2.82. The highest BCUT2D eigenvalue weighted by Crippen LogP contribution is 2.26. The van der Waals surface area contributed by atoms with Gasteiger partial charge in [0.2, 0.25) is 0 Å². The molecule has 106 valence electrons. The third-order valence-electron chi connectivity index (χ3n) is 3.31. The highest BCUT2D eigenvalue weighted by Gasteiger charge is 2.09. The second kappa shape index (κ2) is 5.37. The van der Waals surface area contributed by atoms with Crippen molar-refractivity contribution in [2.45, 2.75) is 13.8 Å². The summed E-state index contributed by atoms with van der Waals surface area (Å²) in [5, 5.41) is 4.64. The van der Waals surface area contributed by atoms with Gasteiger partial charge in [-0.1, -0.05) is 34.1 Å². The summed E-state index contributed by atoms with van der Waals surface area (Å²) in [6.07, 6.45) is 0. The van der Waals surface area contributed by atoms with E-state index in [9.17, 15) is 0 Å². The molecule has 0 fully saturated rings. The zero-order chi connectivity index (χ0) is 15.0. The fourth-order valence-corrected chi connectivity index (χ4v) is 2.86. The van der Waals surface area contributed by atoms with Crippen molar-refractivity contribution in [1.82, 2.24) is 9.78 Å². The summed E-state index contributed by atoms with van der Waals surface area (Å²) in [6, 6.07) is 16.3. The lowest BCUT2D eigenvalue weighted by Gasteiger charge is -2.06. The minimum absolute atomic E-state index is 0.634. The predicted octanol–water partition coefficient (Wildman–Crippen LogP) is 4.50. The van der Waals surface area contributed by atoms with Gasteiger partial charge in [0.05, 0.1) is 11.4 Å².